The first kappa shape index (κ1) is 22.2. The van der Waals surface area contributed by atoms with Crippen LogP contribution in [0.1, 0.15) is 27.3 Å². The summed E-state index contributed by atoms with van der Waals surface area (Å²) in [6.45, 7) is -0.266. The number of amides is 1. The summed E-state index contributed by atoms with van der Waals surface area (Å²) in [5, 5.41) is 6.73. The maximum absolute atomic E-state index is 13.7. The molecule has 0 unspecified atom stereocenters. The standard InChI is InChI=1S/C19H13F7N4O/c1-29(10-11-2-4-12(5-3-11)18(21,22)23)17(31)15-16(19(24,25)26)30(28-27-15)14-8-6-13(20)7-9-14/h2-9H,10H2,1H3. The van der Waals surface area contributed by atoms with E-state index in [1.165, 1.54) is 7.05 Å². The van der Waals surface area contributed by atoms with Crippen molar-refractivity contribution in [1.82, 2.24) is 19.9 Å². The Morgan fingerprint density at radius 3 is 2.03 bits per heavy atom. The lowest BCUT2D eigenvalue weighted by atomic mass is 10.1. The molecule has 0 aliphatic heterocycles. The van der Waals surface area contributed by atoms with Crippen LogP contribution in [-0.4, -0.2) is 32.8 Å². The van der Waals surface area contributed by atoms with Gasteiger partial charge in [-0.3, -0.25) is 4.79 Å². The second-order valence-electron chi connectivity index (χ2n) is 6.53. The number of carbonyl (C=O) groups is 1. The van der Waals surface area contributed by atoms with Crippen molar-refractivity contribution >= 4 is 5.91 Å². The molecule has 0 atom stereocenters. The lowest BCUT2D eigenvalue weighted by molar-refractivity contribution is -0.143. The van der Waals surface area contributed by atoms with Crippen LogP contribution in [-0.2, 0) is 18.9 Å². The molecule has 3 rings (SSSR count). The van der Waals surface area contributed by atoms with Crippen molar-refractivity contribution in [2.45, 2.75) is 18.9 Å². The summed E-state index contributed by atoms with van der Waals surface area (Å²) in [6, 6.07) is 7.78. The van der Waals surface area contributed by atoms with Crippen molar-refractivity contribution in [3.63, 3.8) is 0 Å². The number of hydrogen-bond donors (Lipinski definition) is 0. The van der Waals surface area contributed by atoms with E-state index < -0.39 is 41.0 Å². The molecule has 0 aliphatic rings. The van der Waals surface area contributed by atoms with Gasteiger partial charge in [0.25, 0.3) is 5.91 Å². The third kappa shape index (κ3) is 4.84. The Balaban J connectivity index is 1.89. The second-order valence-corrected chi connectivity index (χ2v) is 6.53. The molecule has 0 saturated carbocycles. The van der Waals surface area contributed by atoms with E-state index in [0.29, 0.717) is 4.68 Å². The number of alkyl halides is 6. The summed E-state index contributed by atoms with van der Waals surface area (Å²) < 4.78 is 92.4. The first-order valence-corrected chi connectivity index (χ1v) is 8.58. The van der Waals surface area contributed by atoms with E-state index in [2.05, 4.69) is 10.3 Å². The Labute approximate surface area is 170 Å². The van der Waals surface area contributed by atoms with Crippen molar-refractivity contribution < 1.29 is 35.5 Å². The van der Waals surface area contributed by atoms with Gasteiger partial charge >= 0.3 is 12.4 Å². The minimum absolute atomic E-state index is 0.161. The lowest BCUT2D eigenvalue weighted by Crippen LogP contribution is -2.29. The van der Waals surface area contributed by atoms with E-state index in [4.69, 9.17) is 0 Å². The molecule has 3 aromatic rings. The zero-order valence-electron chi connectivity index (χ0n) is 15.7. The fourth-order valence-electron chi connectivity index (χ4n) is 2.77. The number of halogens is 7. The minimum atomic E-state index is -5.02. The average molecular weight is 446 g/mol. The third-order valence-corrected chi connectivity index (χ3v) is 4.26. The quantitative estimate of drug-likeness (QED) is 0.546. The molecule has 0 N–H and O–H groups in total. The molecule has 0 fully saturated rings. The predicted molar refractivity (Wildman–Crippen MR) is 93.6 cm³/mol. The minimum Gasteiger partial charge on any atom is -0.336 e. The maximum Gasteiger partial charge on any atom is 0.435 e. The third-order valence-electron chi connectivity index (χ3n) is 4.26. The molecule has 0 saturated heterocycles. The van der Waals surface area contributed by atoms with Crippen molar-refractivity contribution in [2.24, 2.45) is 0 Å². The van der Waals surface area contributed by atoms with Crippen LogP contribution in [0.3, 0.4) is 0 Å². The van der Waals surface area contributed by atoms with Crippen LogP contribution in [0.4, 0.5) is 30.7 Å². The van der Waals surface area contributed by atoms with Crippen LogP contribution in [0.15, 0.2) is 48.5 Å². The normalized spacial score (nSPS) is 12.1. The van der Waals surface area contributed by atoms with Crippen molar-refractivity contribution in [3.05, 3.63) is 76.9 Å². The fraction of sp³-hybridized carbons (Fsp3) is 0.211. The molecule has 5 nitrogen and oxygen atoms in total. The highest BCUT2D eigenvalue weighted by Gasteiger charge is 2.42. The molecule has 2 aromatic carbocycles. The van der Waals surface area contributed by atoms with Gasteiger partial charge in [0.15, 0.2) is 11.4 Å². The Morgan fingerprint density at radius 1 is 0.935 bits per heavy atom. The Morgan fingerprint density at radius 2 is 1.52 bits per heavy atom. The van der Waals surface area contributed by atoms with E-state index in [0.717, 1.165) is 53.4 Å². The smallest absolute Gasteiger partial charge is 0.336 e. The Bertz CT molecular complexity index is 1070. The molecule has 0 bridgehead atoms. The summed E-state index contributed by atoms with van der Waals surface area (Å²) in [5.74, 6) is -1.81. The van der Waals surface area contributed by atoms with Crippen LogP contribution in [0.5, 0.6) is 0 Å². The van der Waals surface area contributed by atoms with Gasteiger partial charge in [-0.1, -0.05) is 17.3 Å². The van der Waals surface area contributed by atoms with Gasteiger partial charge in [0.05, 0.1) is 11.3 Å². The second kappa shape index (κ2) is 8.00. The van der Waals surface area contributed by atoms with Crippen LogP contribution in [0.25, 0.3) is 5.69 Å². The van der Waals surface area contributed by atoms with Gasteiger partial charge in [-0.05, 0) is 42.0 Å². The van der Waals surface area contributed by atoms with Crippen LogP contribution in [0, 0.1) is 5.82 Å². The first-order chi connectivity index (χ1) is 14.4. The number of hydrogen-bond acceptors (Lipinski definition) is 3. The fourth-order valence-corrected chi connectivity index (χ4v) is 2.77. The molecule has 1 heterocycles. The maximum atomic E-state index is 13.7. The molecule has 0 radical (unpaired) electrons. The van der Waals surface area contributed by atoms with Gasteiger partial charge < -0.3 is 4.90 Å². The summed E-state index contributed by atoms with van der Waals surface area (Å²) >= 11 is 0. The molecule has 164 valence electrons. The molecule has 1 amide bonds. The number of aromatic nitrogens is 3. The molecule has 12 heteroatoms. The van der Waals surface area contributed by atoms with E-state index in [-0.39, 0.29) is 17.8 Å². The van der Waals surface area contributed by atoms with Crippen molar-refractivity contribution in [1.29, 1.82) is 0 Å². The highest BCUT2D eigenvalue weighted by atomic mass is 19.4. The first-order valence-electron chi connectivity index (χ1n) is 8.58. The highest BCUT2D eigenvalue weighted by Crippen LogP contribution is 2.33. The number of benzene rings is 2. The lowest BCUT2D eigenvalue weighted by Gasteiger charge is -2.18. The molecular formula is C19H13F7N4O. The Kier molecular flexibility index (Phi) is 5.74. The summed E-state index contributed by atoms with van der Waals surface area (Å²) in [5.41, 5.74) is -3.24. The zero-order chi connectivity index (χ0) is 23.0. The molecule has 0 aliphatic carbocycles. The van der Waals surface area contributed by atoms with Gasteiger partial charge in [-0.15, -0.1) is 5.10 Å². The molecule has 31 heavy (non-hydrogen) atoms. The summed E-state index contributed by atoms with van der Waals surface area (Å²) in [6.07, 6.45) is -9.56. The van der Waals surface area contributed by atoms with Crippen molar-refractivity contribution in [2.75, 3.05) is 7.05 Å². The van der Waals surface area contributed by atoms with Gasteiger partial charge in [-0.25, -0.2) is 9.07 Å². The van der Waals surface area contributed by atoms with Crippen LogP contribution >= 0.6 is 0 Å². The van der Waals surface area contributed by atoms with E-state index >= 15 is 0 Å². The summed E-state index contributed by atoms with van der Waals surface area (Å²) in [4.78, 5) is 13.5. The van der Waals surface area contributed by atoms with Gasteiger partial charge in [0.2, 0.25) is 0 Å². The molecule has 1 aromatic heterocycles. The number of rotatable bonds is 4. The van der Waals surface area contributed by atoms with E-state index in [9.17, 15) is 35.5 Å². The molecular weight excluding hydrogens is 433 g/mol. The van der Waals surface area contributed by atoms with Crippen LogP contribution < -0.4 is 0 Å². The monoisotopic (exact) mass is 446 g/mol. The number of nitrogens with zero attached hydrogens (tertiary/aromatic N) is 4. The van der Waals surface area contributed by atoms with E-state index in [1.54, 1.807) is 0 Å². The van der Waals surface area contributed by atoms with Crippen LogP contribution in [0.2, 0.25) is 0 Å². The zero-order valence-corrected chi connectivity index (χ0v) is 15.7. The van der Waals surface area contributed by atoms with Gasteiger partial charge in [-0.2, -0.15) is 26.3 Å². The van der Waals surface area contributed by atoms with E-state index in [1.807, 2.05) is 0 Å². The Hall–Kier alpha value is -3.44. The average Bonchev–Trinajstić information content (AvgIpc) is 3.13. The van der Waals surface area contributed by atoms with Gasteiger partial charge in [0, 0.05) is 13.6 Å². The van der Waals surface area contributed by atoms with Crippen molar-refractivity contribution in [3.8, 4) is 5.69 Å². The molecule has 0 spiro atoms. The SMILES string of the molecule is CN(Cc1ccc(C(F)(F)F)cc1)C(=O)c1nnn(-c2ccc(F)cc2)c1C(F)(F)F. The number of carbonyl (C=O) groups excluding carboxylic acids is 1. The topological polar surface area (TPSA) is 51.0 Å². The summed E-state index contributed by atoms with van der Waals surface area (Å²) in [7, 11) is 1.18. The van der Waals surface area contributed by atoms with Gasteiger partial charge in [0.1, 0.15) is 5.82 Å². The highest BCUT2D eigenvalue weighted by molar-refractivity contribution is 5.93. The predicted octanol–water partition coefficient (Wildman–Crippen LogP) is 4.72. The largest absolute Gasteiger partial charge is 0.435 e.